The van der Waals surface area contributed by atoms with Crippen molar-refractivity contribution in [3.63, 3.8) is 0 Å². The van der Waals surface area contributed by atoms with E-state index in [0.29, 0.717) is 42.7 Å². The van der Waals surface area contributed by atoms with Crippen molar-refractivity contribution in [1.29, 1.82) is 0 Å². The first-order valence-corrected chi connectivity index (χ1v) is 13.9. The predicted molar refractivity (Wildman–Crippen MR) is 135 cm³/mol. The third kappa shape index (κ3) is 5.80. The summed E-state index contributed by atoms with van der Waals surface area (Å²) in [4.78, 5) is 28.4. The van der Waals surface area contributed by atoms with E-state index in [4.69, 9.17) is 9.47 Å². The number of nitrogens with zero attached hydrogens (tertiary/aromatic N) is 2. The van der Waals surface area contributed by atoms with Crippen molar-refractivity contribution < 1.29 is 27.5 Å². The number of hydrogen-bond donors (Lipinski definition) is 1. The number of nitrogens with one attached hydrogen (secondary N) is 1. The maximum absolute atomic E-state index is 13.2. The molecule has 2 amide bonds. The summed E-state index contributed by atoms with van der Waals surface area (Å²) in [6.07, 6.45) is 0. The molecule has 188 valence electrons. The number of hydrogen-bond acceptors (Lipinski definition) is 7. The Hall–Kier alpha value is -2.60. The molecule has 11 heteroatoms. The van der Waals surface area contributed by atoms with Gasteiger partial charge in [0, 0.05) is 35.3 Å². The molecule has 0 saturated carbocycles. The van der Waals surface area contributed by atoms with Gasteiger partial charge in [-0.1, -0.05) is 6.92 Å². The van der Waals surface area contributed by atoms with E-state index in [1.165, 1.54) is 27.0 Å². The van der Waals surface area contributed by atoms with Crippen molar-refractivity contribution in [2.75, 3.05) is 55.4 Å². The van der Waals surface area contributed by atoms with E-state index in [2.05, 4.69) is 5.32 Å². The van der Waals surface area contributed by atoms with Gasteiger partial charge in [0.1, 0.15) is 12.3 Å². The highest BCUT2D eigenvalue weighted by Crippen LogP contribution is 2.38. The van der Waals surface area contributed by atoms with Crippen molar-refractivity contribution >= 4 is 45.0 Å². The fourth-order valence-corrected chi connectivity index (χ4v) is 6.39. The lowest BCUT2D eigenvalue weighted by Crippen LogP contribution is -2.42. The summed E-state index contributed by atoms with van der Waals surface area (Å²) >= 11 is 1.48. The molecule has 0 radical (unpaired) electrons. The van der Waals surface area contributed by atoms with Crippen molar-refractivity contribution in [2.45, 2.75) is 23.6 Å². The third-order valence-electron chi connectivity index (χ3n) is 5.76. The molecule has 1 fully saturated rings. The molecule has 4 rings (SSSR count). The largest absolute Gasteiger partial charge is 0.494 e. The fourth-order valence-electron chi connectivity index (χ4n) is 3.91. The zero-order valence-corrected chi connectivity index (χ0v) is 21.4. The van der Waals surface area contributed by atoms with E-state index in [9.17, 15) is 18.0 Å². The van der Waals surface area contributed by atoms with Gasteiger partial charge in [0.15, 0.2) is 0 Å². The molecule has 0 unspecified atom stereocenters. The van der Waals surface area contributed by atoms with Gasteiger partial charge < -0.3 is 19.7 Å². The van der Waals surface area contributed by atoms with E-state index in [1.807, 2.05) is 13.8 Å². The lowest BCUT2D eigenvalue weighted by Gasteiger charge is -2.27. The van der Waals surface area contributed by atoms with Crippen LogP contribution in [0.4, 0.5) is 11.4 Å². The monoisotopic (exact) mass is 519 g/mol. The molecular weight excluding hydrogens is 490 g/mol. The zero-order valence-electron chi connectivity index (χ0n) is 19.7. The van der Waals surface area contributed by atoms with Crippen molar-refractivity contribution in [2.24, 2.45) is 5.92 Å². The average molecular weight is 520 g/mol. The first-order valence-electron chi connectivity index (χ1n) is 11.5. The quantitative estimate of drug-likeness (QED) is 0.600. The van der Waals surface area contributed by atoms with Crippen LogP contribution in [-0.2, 0) is 24.3 Å². The molecule has 0 aliphatic carbocycles. The van der Waals surface area contributed by atoms with Gasteiger partial charge in [0.25, 0.3) is 0 Å². The number of carbonyl (C=O) groups excluding carboxylic acids is 2. The summed E-state index contributed by atoms with van der Waals surface area (Å²) in [6, 6.07) is 11.8. The SMILES string of the molecule is CCOc1ccc(NC(=O)CN2C(=O)[C@H](C)CSc3ccc(S(=O)(=O)N4CCOCC4)cc32)cc1. The summed E-state index contributed by atoms with van der Waals surface area (Å²) in [5.74, 6) is 0.304. The van der Waals surface area contributed by atoms with Crippen LogP contribution in [0.3, 0.4) is 0 Å². The number of rotatable bonds is 7. The van der Waals surface area contributed by atoms with Gasteiger partial charge in [-0.3, -0.25) is 9.59 Å². The normalized spacial score (nSPS) is 19.1. The van der Waals surface area contributed by atoms with Gasteiger partial charge in [-0.05, 0) is 49.4 Å². The Morgan fingerprint density at radius 3 is 2.57 bits per heavy atom. The Morgan fingerprint density at radius 2 is 1.89 bits per heavy atom. The van der Waals surface area contributed by atoms with Crippen LogP contribution < -0.4 is 15.0 Å². The van der Waals surface area contributed by atoms with Crippen molar-refractivity contribution in [3.8, 4) is 5.75 Å². The molecule has 1 N–H and O–H groups in total. The molecule has 9 nitrogen and oxygen atoms in total. The van der Waals surface area contributed by atoms with Crippen LogP contribution in [0.2, 0.25) is 0 Å². The lowest BCUT2D eigenvalue weighted by molar-refractivity contribution is -0.123. The molecule has 0 bridgehead atoms. The Balaban J connectivity index is 1.59. The highest BCUT2D eigenvalue weighted by Gasteiger charge is 2.32. The second-order valence-corrected chi connectivity index (χ2v) is 11.3. The van der Waals surface area contributed by atoms with Crippen LogP contribution in [-0.4, -0.2) is 69.7 Å². The first-order chi connectivity index (χ1) is 16.8. The number of benzene rings is 2. The Morgan fingerprint density at radius 1 is 1.17 bits per heavy atom. The summed E-state index contributed by atoms with van der Waals surface area (Å²) in [7, 11) is -3.75. The number of fused-ring (bicyclic) bond motifs is 1. The standard InChI is InChI=1S/C24H29N3O6S2/c1-3-33-19-6-4-18(5-7-19)25-23(28)15-27-21-14-20(35(30,31)26-10-12-32-13-11-26)8-9-22(21)34-16-17(2)24(27)29/h4-9,14,17H,3,10-13,15-16H2,1-2H3,(H,25,28)/t17-/m1/s1. The van der Waals surface area contributed by atoms with Gasteiger partial charge in [0.05, 0.1) is 30.4 Å². The number of anilines is 2. The minimum absolute atomic E-state index is 0.0954. The number of thioether (sulfide) groups is 1. The Labute approximate surface area is 209 Å². The van der Waals surface area contributed by atoms with Crippen LogP contribution in [0.5, 0.6) is 5.75 Å². The lowest BCUT2D eigenvalue weighted by atomic mass is 10.1. The van der Waals surface area contributed by atoms with E-state index in [0.717, 1.165) is 4.90 Å². The molecule has 1 saturated heterocycles. The second kappa shape index (κ2) is 11.0. The number of carbonyl (C=O) groups is 2. The minimum Gasteiger partial charge on any atom is -0.494 e. The van der Waals surface area contributed by atoms with Crippen molar-refractivity contribution in [1.82, 2.24) is 4.31 Å². The van der Waals surface area contributed by atoms with Gasteiger partial charge >= 0.3 is 0 Å². The van der Waals surface area contributed by atoms with Crippen LogP contribution in [0.1, 0.15) is 13.8 Å². The van der Waals surface area contributed by atoms with Crippen LogP contribution >= 0.6 is 11.8 Å². The van der Waals surface area contributed by atoms with Crippen LogP contribution in [0.15, 0.2) is 52.3 Å². The van der Waals surface area contributed by atoms with Gasteiger partial charge in [-0.25, -0.2) is 8.42 Å². The molecule has 35 heavy (non-hydrogen) atoms. The summed E-state index contributed by atoms with van der Waals surface area (Å²) in [6.45, 7) is 5.25. The minimum atomic E-state index is -3.75. The molecule has 1 atom stereocenters. The highest BCUT2D eigenvalue weighted by atomic mass is 32.2. The zero-order chi connectivity index (χ0) is 25.0. The topological polar surface area (TPSA) is 105 Å². The first kappa shape index (κ1) is 25.5. The molecular formula is C24H29N3O6S2. The third-order valence-corrected chi connectivity index (χ3v) is 8.97. The molecule has 2 aromatic rings. The second-order valence-electron chi connectivity index (χ2n) is 8.29. The Bertz CT molecular complexity index is 1180. The summed E-state index contributed by atoms with van der Waals surface area (Å²) in [5, 5.41) is 2.81. The predicted octanol–water partition coefficient (Wildman–Crippen LogP) is 2.82. The molecule has 2 aliphatic heterocycles. The summed E-state index contributed by atoms with van der Waals surface area (Å²) < 4.78 is 38.5. The number of morpholine rings is 1. The van der Waals surface area contributed by atoms with Gasteiger partial charge in [-0.15, -0.1) is 11.8 Å². The molecule has 2 aliphatic rings. The molecule has 2 heterocycles. The van der Waals surface area contributed by atoms with E-state index < -0.39 is 10.0 Å². The maximum Gasteiger partial charge on any atom is 0.244 e. The van der Waals surface area contributed by atoms with E-state index >= 15 is 0 Å². The van der Waals surface area contributed by atoms with Gasteiger partial charge in [0.2, 0.25) is 21.8 Å². The number of sulfonamides is 1. The molecule has 0 aromatic heterocycles. The smallest absolute Gasteiger partial charge is 0.244 e. The van der Waals surface area contributed by atoms with E-state index in [-0.39, 0.29) is 42.3 Å². The van der Waals surface area contributed by atoms with E-state index in [1.54, 1.807) is 36.4 Å². The Kier molecular flexibility index (Phi) is 8.00. The number of amides is 2. The molecule has 2 aromatic carbocycles. The van der Waals surface area contributed by atoms with Crippen molar-refractivity contribution in [3.05, 3.63) is 42.5 Å². The molecule has 0 spiro atoms. The average Bonchev–Trinajstić information content (AvgIpc) is 2.97. The maximum atomic E-state index is 13.2. The highest BCUT2D eigenvalue weighted by molar-refractivity contribution is 7.99. The number of ether oxygens (including phenoxy) is 2. The van der Waals surface area contributed by atoms with Gasteiger partial charge in [-0.2, -0.15) is 4.31 Å². The fraction of sp³-hybridized carbons (Fsp3) is 0.417. The van der Waals surface area contributed by atoms with Crippen LogP contribution in [0.25, 0.3) is 0 Å². The summed E-state index contributed by atoms with van der Waals surface area (Å²) in [5.41, 5.74) is 1.01. The van der Waals surface area contributed by atoms with Crippen LogP contribution in [0, 0.1) is 5.92 Å².